The minimum Gasteiger partial charge on any atom is -0.486 e. The molecule has 0 spiro atoms. The van der Waals surface area contributed by atoms with Gasteiger partial charge in [-0.15, -0.1) is 11.8 Å². The third-order valence-corrected chi connectivity index (χ3v) is 5.08. The number of carbonyl (C=O) groups excluding carboxylic acids is 1. The smallest absolute Gasteiger partial charge is 0.220 e. The van der Waals surface area contributed by atoms with Crippen molar-refractivity contribution in [2.24, 2.45) is 0 Å². The van der Waals surface area contributed by atoms with Crippen molar-refractivity contribution in [3.63, 3.8) is 0 Å². The maximum atomic E-state index is 12.0. The average Bonchev–Trinajstić information content (AvgIpc) is 2.65. The number of benzene rings is 2. The minimum atomic E-state index is -0.151. The standard InChI is InChI=1S/C19H20ClNO3S/c20-14-7-9-16(10-8-14)25-11-3-6-19(22)21-12-15-13-23-17-4-1-2-5-18(17)24-15/h1-2,4-5,7-10,15H,3,6,11-13H2,(H,21,22). The van der Waals surface area contributed by atoms with Gasteiger partial charge in [0.1, 0.15) is 12.7 Å². The Morgan fingerprint density at radius 2 is 1.92 bits per heavy atom. The van der Waals surface area contributed by atoms with Gasteiger partial charge in [0.05, 0.1) is 6.54 Å². The van der Waals surface area contributed by atoms with Crippen LogP contribution in [0.4, 0.5) is 0 Å². The monoisotopic (exact) mass is 377 g/mol. The summed E-state index contributed by atoms with van der Waals surface area (Å²) in [5.41, 5.74) is 0. The van der Waals surface area contributed by atoms with Gasteiger partial charge < -0.3 is 14.8 Å². The predicted molar refractivity (Wildman–Crippen MR) is 101 cm³/mol. The summed E-state index contributed by atoms with van der Waals surface area (Å²) in [7, 11) is 0. The van der Waals surface area contributed by atoms with E-state index in [-0.39, 0.29) is 12.0 Å². The maximum Gasteiger partial charge on any atom is 0.220 e. The number of hydrogen-bond donors (Lipinski definition) is 1. The Morgan fingerprint density at radius 3 is 2.72 bits per heavy atom. The number of ether oxygens (including phenoxy) is 2. The molecule has 25 heavy (non-hydrogen) atoms. The number of hydrogen-bond acceptors (Lipinski definition) is 4. The fourth-order valence-electron chi connectivity index (χ4n) is 2.43. The first-order valence-corrected chi connectivity index (χ1v) is 9.60. The van der Waals surface area contributed by atoms with E-state index in [2.05, 4.69) is 5.32 Å². The summed E-state index contributed by atoms with van der Waals surface area (Å²) in [5.74, 6) is 2.42. The first kappa shape index (κ1) is 18.0. The van der Waals surface area contributed by atoms with Crippen LogP contribution in [-0.4, -0.2) is 30.9 Å². The number of halogens is 1. The number of thioether (sulfide) groups is 1. The fourth-order valence-corrected chi connectivity index (χ4v) is 3.41. The number of para-hydroxylation sites is 2. The normalized spacial score (nSPS) is 15.6. The molecule has 1 unspecified atom stereocenters. The average molecular weight is 378 g/mol. The molecule has 2 aromatic rings. The molecule has 4 nitrogen and oxygen atoms in total. The molecule has 1 N–H and O–H groups in total. The summed E-state index contributed by atoms with van der Waals surface area (Å²) in [6.07, 6.45) is 1.18. The molecular weight excluding hydrogens is 358 g/mol. The van der Waals surface area contributed by atoms with E-state index in [0.717, 1.165) is 33.6 Å². The van der Waals surface area contributed by atoms with Crippen LogP contribution in [-0.2, 0) is 4.79 Å². The third-order valence-electron chi connectivity index (χ3n) is 3.72. The van der Waals surface area contributed by atoms with Crippen LogP contribution >= 0.6 is 23.4 Å². The highest BCUT2D eigenvalue weighted by molar-refractivity contribution is 7.99. The summed E-state index contributed by atoms with van der Waals surface area (Å²) in [4.78, 5) is 13.1. The van der Waals surface area contributed by atoms with Crippen LogP contribution in [0.15, 0.2) is 53.4 Å². The van der Waals surface area contributed by atoms with Crippen molar-refractivity contribution in [3.05, 3.63) is 53.6 Å². The molecule has 1 aliphatic heterocycles. The van der Waals surface area contributed by atoms with Gasteiger partial charge >= 0.3 is 0 Å². The third kappa shape index (κ3) is 5.58. The van der Waals surface area contributed by atoms with E-state index < -0.39 is 0 Å². The van der Waals surface area contributed by atoms with Crippen LogP contribution < -0.4 is 14.8 Å². The Labute approximate surface area is 156 Å². The van der Waals surface area contributed by atoms with Gasteiger partial charge in [-0.05, 0) is 48.6 Å². The molecule has 0 fully saturated rings. The fraction of sp³-hybridized carbons (Fsp3) is 0.316. The molecule has 1 aliphatic rings. The Kier molecular flexibility index (Phi) is 6.48. The van der Waals surface area contributed by atoms with E-state index in [1.807, 2.05) is 48.5 Å². The Morgan fingerprint density at radius 1 is 1.16 bits per heavy atom. The second-order valence-corrected chi connectivity index (χ2v) is 7.31. The van der Waals surface area contributed by atoms with Crippen molar-refractivity contribution < 1.29 is 14.3 Å². The summed E-state index contributed by atoms with van der Waals surface area (Å²) >= 11 is 7.59. The number of carbonyl (C=O) groups is 1. The Bertz CT molecular complexity index is 708. The summed E-state index contributed by atoms with van der Waals surface area (Å²) in [6, 6.07) is 15.3. The van der Waals surface area contributed by atoms with Gasteiger partial charge in [-0.3, -0.25) is 4.79 Å². The predicted octanol–water partition coefficient (Wildman–Crippen LogP) is 4.17. The van der Waals surface area contributed by atoms with Crippen LogP contribution in [0.3, 0.4) is 0 Å². The highest BCUT2D eigenvalue weighted by atomic mass is 35.5. The second kappa shape index (κ2) is 9.02. The molecule has 0 aliphatic carbocycles. The number of rotatable bonds is 7. The largest absolute Gasteiger partial charge is 0.486 e. The van der Waals surface area contributed by atoms with Crippen LogP contribution in [0, 0.1) is 0 Å². The highest BCUT2D eigenvalue weighted by Crippen LogP contribution is 2.30. The molecule has 6 heteroatoms. The zero-order valence-electron chi connectivity index (χ0n) is 13.7. The van der Waals surface area contributed by atoms with E-state index >= 15 is 0 Å². The maximum absolute atomic E-state index is 12.0. The topological polar surface area (TPSA) is 47.6 Å². The van der Waals surface area contributed by atoms with Crippen molar-refractivity contribution in [1.29, 1.82) is 0 Å². The van der Waals surface area contributed by atoms with E-state index in [1.54, 1.807) is 11.8 Å². The molecule has 0 aromatic heterocycles. The van der Waals surface area contributed by atoms with Crippen LogP contribution in [0.25, 0.3) is 0 Å². The molecular formula is C19H20ClNO3S. The van der Waals surface area contributed by atoms with Gasteiger partial charge in [0.15, 0.2) is 11.5 Å². The van der Waals surface area contributed by atoms with Gasteiger partial charge in [-0.1, -0.05) is 23.7 Å². The number of amides is 1. The van der Waals surface area contributed by atoms with Crippen LogP contribution in [0.5, 0.6) is 11.5 Å². The molecule has 0 radical (unpaired) electrons. The molecule has 0 saturated carbocycles. The minimum absolute atomic E-state index is 0.0409. The van der Waals surface area contributed by atoms with Crippen LogP contribution in [0.1, 0.15) is 12.8 Å². The zero-order valence-corrected chi connectivity index (χ0v) is 15.3. The number of fused-ring (bicyclic) bond motifs is 1. The molecule has 2 aromatic carbocycles. The van der Waals surface area contributed by atoms with Crippen molar-refractivity contribution in [2.45, 2.75) is 23.8 Å². The molecule has 0 saturated heterocycles. The number of nitrogens with one attached hydrogen (secondary N) is 1. The molecule has 1 atom stereocenters. The lowest BCUT2D eigenvalue weighted by Gasteiger charge is -2.26. The SMILES string of the molecule is O=C(CCCSc1ccc(Cl)cc1)NCC1COc2ccccc2O1. The van der Waals surface area contributed by atoms with E-state index in [9.17, 15) is 4.79 Å². The Balaban J connectivity index is 1.31. The van der Waals surface area contributed by atoms with Gasteiger partial charge in [0.2, 0.25) is 5.91 Å². The van der Waals surface area contributed by atoms with Crippen molar-refractivity contribution in [2.75, 3.05) is 18.9 Å². The molecule has 0 bridgehead atoms. The van der Waals surface area contributed by atoms with Gasteiger partial charge in [-0.2, -0.15) is 0 Å². The van der Waals surface area contributed by atoms with Gasteiger partial charge in [0, 0.05) is 16.3 Å². The molecule has 1 heterocycles. The summed E-state index contributed by atoms with van der Waals surface area (Å²) in [6.45, 7) is 0.904. The molecule has 1 amide bonds. The van der Waals surface area contributed by atoms with E-state index in [4.69, 9.17) is 21.1 Å². The quantitative estimate of drug-likeness (QED) is 0.581. The lowest BCUT2D eigenvalue weighted by molar-refractivity contribution is -0.121. The molecule has 132 valence electrons. The van der Waals surface area contributed by atoms with Crippen molar-refractivity contribution in [1.82, 2.24) is 5.32 Å². The lowest BCUT2D eigenvalue weighted by Crippen LogP contribution is -2.40. The van der Waals surface area contributed by atoms with Gasteiger partial charge in [-0.25, -0.2) is 0 Å². The lowest BCUT2D eigenvalue weighted by atomic mass is 10.2. The van der Waals surface area contributed by atoms with E-state index in [1.165, 1.54) is 0 Å². The van der Waals surface area contributed by atoms with Gasteiger partial charge in [0.25, 0.3) is 0 Å². The van der Waals surface area contributed by atoms with Crippen molar-refractivity contribution >= 4 is 29.3 Å². The zero-order chi connectivity index (χ0) is 17.5. The van der Waals surface area contributed by atoms with Crippen molar-refractivity contribution in [3.8, 4) is 11.5 Å². The second-order valence-electron chi connectivity index (χ2n) is 5.71. The Hall–Kier alpha value is -1.85. The van der Waals surface area contributed by atoms with Crippen LogP contribution in [0.2, 0.25) is 5.02 Å². The highest BCUT2D eigenvalue weighted by Gasteiger charge is 2.20. The first-order chi connectivity index (χ1) is 12.2. The first-order valence-electron chi connectivity index (χ1n) is 8.24. The molecule has 3 rings (SSSR count). The summed E-state index contributed by atoms with van der Waals surface area (Å²) < 4.78 is 11.5. The summed E-state index contributed by atoms with van der Waals surface area (Å²) in [5, 5.41) is 3.66. The van der Waals surface area contributed by atoms with E-state index in [0.29, 0.717) is 19.6 Å².